The third kappa shape index (κ3) is 5.30. The number of carbonyl (C=O) groups is 1. The van der Waals surface area contributed by atoms with E-state index >= 15 is 0 Å². The molecule has 19 heavy (non-hydrogen) atoms. The summed E-state index contributed by atoms with van der Waals surface area (Å²) in [5, 5.41) is 5.52. The van der Waals surface area contributed by atoms with Gasteiger partial charge in [0.15, 0.2) is 0 Å². The van der Waals surface area contributed by atoms with E-state index in [0.717, 1.165) is 18.7 Å². The molecular formula is C13H17F3N2O. The third-order valence-electron chi connectivity index (χ3n) is 2.52. The normalized spacial score (nSPS) is 13.1. The number of benzene rings is 1. The Labute approximate surface area is 110 Å². The van der Waals surface area contributed by atoms with Crippen LogP contribution < -0.4 is 10.6 Å². The maximum absolute atomic E-state index is 12.5. The minimum Gasteiger partial charge on any atom is -0.326 e. The SMILES string of the molecule is CCNC(C)CC(=O)Nc1cccc(C(F)(F)F)c1. The van der Waals surface area contributed by atoms with Crippen molar-refractivity contribution in [3.63, 3.8) is 0 Å². The summed E-state index contributed by atoms with van der Waals surface area (Å²) in [5.41, 5.74) is -0.617. The molecule has 0 aliphatic heterocycles. The quantitative estimate of drug-likeness (QED) is 0.866. The highest BCUT2D eigenvalue weighted by Crippen LogP contribution is 2.30. The Kier molecular flexibility index (Phi) is 5.35. The van der Waals surface area contributed by atoms with Crippen molar-refractivity contribution in [1.82, 2.24) is 5.32 Å². The van der Waals surface area contributed by atoms with Crippen LogP contribution in [0.5, 0.6) is 0 Å². The number of halogens is 3. The van der Waals surface area contributed by atoms with E-state index in [1.165, 1.54) is 12.1 Å². The summed E-state index contributed by atoms with van der Waals surface area (Å²) < 4.78 is 37.5. The molecule has 1 aromatic rings. The van der Waals surface area contributed by atoms with Crippen LogP contribution >= 0.6 is 0 Å². The minimum atomic E-state index is -4.40. The molecule has 0 saturated heterocycles. The monoisotopic (exact) mass is 274 g/mol. The molecule has 1 atom stereocenters. The number of rotatable bonds is 5. The van der Waals surface area contributed by atoms with Gasteiger partial charge < -0.3 is 10.6 Å². The Morgan fingerprint density at radius 3 is 2.63 bits per heavy atom. The zero-order valence-electron chi connectivity index (χ0n) is 10.8. The maximum Gasteiger partial charge on any atom is 0.416 e. The number of nitrogens with one attached hydrogen (secondary N) is 2. The molecule has 6 heteroatoms. The van der Waals surface area contributed by atoms with Crippen molar-refractivity contribution < 1.29 is 18.0 Å². The Balaban J connectivity index is 2.65. The van der Waals surface area contributed by atoms with Crippen molar-refractivity contribution in [2.24, 2.45) is 0 Å². The van der Waals surface area contributed by atoms with Gasteiger partial charge in [0.05, 0.1) is 5.56 Å². The average Bonchev–Trinajstić information content (AvgIpc) is 2.28. The first-order valence-electron chi connectivity index (χ1n) is 6.03. The van der Waals surface area contributed by atoms with Crippen molar-refractivity contribution in [3.05, 3.63) is 29.8 Å². The van der Waals surface area contributed by atoms with Crippen molar-refractivity contribution in [2.75, 3.05) is 11.9 Å². The van der Waals surface area contributed by atoms with Gasteiger partial charge in [-0.15, -0.1) is 0 Å². The van der Waals surface area contributed by atoms with E-state index in [0.29, 0.717) is 0 Å². The maximum atomic E-state index is 12.5. The number of hydrogen-bond donors (Lipinski definition) is 2. The topological polar surface area (TPSA) is 41.1 Å². The predicted octanol–water partition coefficient (Wildman–Crippen LogP) is 3.03. The van der Waals surface area contributed by atoms with E-state index in [-0.39, 0.29) is 24.1 Å². The summed E-state index contributed by atoms with van der Waals surface area (Å²) in [6.07, 6.45) is -4.19. The highest BCUT2D eigenvalue weighted by atomic mass is 19.4. The van der Waals surface area contributed by atoms with Crippen LogP contribution in [-0.4, -0.2) is 18.5 Å². The number of hydrogen-bond acceptors (Lipinski definition) is 2. The van der Waals surface area contributed by atoms with Crippen LogP contribution in [0.4, 0.5) is 18.9 Å². The van der Waals surface area contributed by atoms with Crippen LogP contribution in [0.15, 0.2) is 24.3 Å². The number of amides is 1. The van der Waals surface area contributed by atoms with Crippen LogP contribution in [0, 0.1) is 0 Å². The summed E-state index contributed by atoms with van der Waals surface area (Å²) in [6, 6.07) is 4.58. The lowest BCUT2D eigenvalue weighted by Crippen LogP contribution is -2.30. The minimum absolute atomic E-state index is 0.0178. The van der Waals surface area contributed by atoms with Crippen LogP contribution in [0.25, 0.3) is 0 Å². The van der Waals surface area contributed by atoms with E-state index in [1.54, 1.807) is 0 Å². The molecule has 0 aliphatic carbocycles. The summed E-state index contributed by atoms with van der Waals surface area (Å²) in [4.78, 5) is 11.6. The average molecular weight is 274 g/mol. The van der Waals surface area contributed by atoms with Crippen molar-refractivity contribution in [1.29, 1.82) is 0 Å². The fourth-order valence-electron chi connectivity index (χ4n) is 1.68. The molecule has 0 bridgehead atoms. The molecule has 2 N–H and O–H groups in total. The first-order valence-corrected chi connectivity index (χ1v) is 6.03. The second-order valence-corrected chi connectivity index (χ2v) is 4.29. The summed E-state index contributed by atoms with van der Waals surface area (Å²) in [5.74, 6) is -0.312. The molecule has 0 aliphatic rings. The van der Waals surface area contributed by atoms with Crippen LogP contribution in [-0.2, 0) is 11.0 Å². The van der Waals surface area contributed by atoms with Gasteiger partial charge in [0.25, 0.3) is 0 Å². The highest BCUT2D eigenvalue weighted by molar-refractivity contribution is 5.91. The number of anilines is 1. The number of alkyl halides is 3. The summed E-state index contributed by atoms with van der Waals surface area (Å²) in [6.45, 7) is 4.49. The zero-order chi connectivity index (χ0) is 14.5. The molecule has 3 nitrogen and oxygen atoms in total. The second kappa shape index (κ2) is 6.56. The lowest BCUT2D eigenvalue weighted by molar-refractivity contribution is -0.137. The molecule has 106 valence electrons. The van der Waals surface area contributed by atoms with Gasteiger partial charge in [-0.05, 0) is 31.7 Å². The smallest absolute Gasteiger partial charge is 0.326 e. The Morgan fingerprint density at radius 1 is 1.37 bits per heavy atom. The lowest BCUT2D eigenvalue weighted by Gasteiger charge is -2.13. The van der Waals surface area contributed by atoms with Gasteiger partial charge in [-0.3, -0.25) is 4.79 Å². The van der Waals surface area contributed by atoms with Crippen molar-refractivity contribution >= 4 is 11.6 Å². The van der Waals surface area contributed by atoms with Gasteiger partial charge in [0, 0.05) is 18.2 Å². The molecule has 0 spiro atoms. The fourth-order valence-corrected chi connectivity index (χ4v) is 1.68. The summed E-state index contributed by atoms with van der Waals surface area (Å²) >= 11 is 0. The number of carbonyl (C=O) groups excluding carboxylic acids is 1. The highest BCUT2D eigenvalue weighted by Gasteiger charge is 2.30. The van der Waals surface area contributed by atoms with Gasteiger partial charge in [0.1, 0.15) is 0 Å². The molecule has 0 radical (unpaired) electrons. The van der Waals surface area contributed by atoms with Gasteiger partial charge >= 0.3 is 6.18 Å². The van der Waals surface area contributed by atoms with Gasteiger partial charge in [-0.2, -0.15) is 13.2 Å². The molecular weight excluding hydrogens is 257 g/mol. The molecule has 1 rings (SSSR count). The first-order chi connectivity index (χ1) is 8.82. The molecule has 0 fully saturated rings. The van der Waals surface area contributed by atoms with E-state index in [9.17, 15) is 18.0 Å². The zero-order valence-corrected chi connectivity index (χ0v) is 10.8. The predicted molar refractivity (Wildman–Crippen MR) is 67.8 cm³/mol. The molecule has 1 aromatic carbocycles. The van der Waals surface area contributed by atoms with Gasteiger partial charge in [-0.1, -0.05) is 13.0 Å². The largest absolute Gasteiger partial charge is 0.416 e. The van der Waals surface area contributed by atoms with Gasteiger partial charge in [0.2, 0.25) is 5.91 Å². The standard InChI is InChI=1S/C13H17F3N2O/c1-3-17-9(2)7-12(19)18-11-6-4-5-10(8-11)13(14,15)16/h4-6,8-9,17H,3,7H2,1-2H3,(H,18,19). The Bertz CT molecular complexity index is 432. The van der Waals surface area contributed by atoms with Crippen LogP contribution in [0.3, 0.4) is 0 Å². The van der Waals surface area contributed by atoms with Crippen molar-refractivity contribution in [2.45, 2.75) is 32.5 Å². The molecule has 1 amide bonds. The Morgan fingerprint density at radius 2 is 2.05 bits per heavy atom. The van der Waals surface area contributed by atoms with E-state index in [2.05, 4.69) is 10.6 Å². The molecule has 0 heterocycles. The Hall–Kier alpha value is -1.56. The molecule has 0 saturated carbocycles. The van der Waals surface area contributed by atoms with E-state index < -0.39 is 11.7 Å². The fraction of sp³-hybridized carbons (Fsp3) is 0.462. The summed E-state index contributed by atoms with van der Waals surface area (Å²) in [7, 11) is 0. The van der Waals surface area contributed by atoms with E-state index in [1.807, 2.05) is 13.8 Å². The van der Waals surface area contributed by atoms with Crippen LogP contribution in [0.1, 0.15) is 25.8 Å². The van der Waals surface area contributed by atoms with Crippen LogP contribution in [0.2, 0.25) is 0 Å². The lowest BCUT2D eigenvalue weighted by atomic mass is 10.2. The van der Waals surface area contributed by atoms with Gasteiger partial charge in [-0.25, -0.2) is 0 Å². The molecule has 0 aromatic heterocycles. The molecule has 1 unspecified atom stereocenters. The first kappa shape index (κ1) is 15.5. The second-order valence-electron chi connectivity index (χ2n) is 4.29. The van der Waals surface area contributed by atoms with E-state index in [4.69, 9.17) is 0 Å². The van der Waals surface area contributed by atoms with Crippen molar-refractivity contribution in [3.8, 4) is 0 Å². The third-order valence-corrected chi connectivity index (χ3v) is 2.52.